The number of esters is 1. The summed E-state index contributed by atoms with van der Waals surface area (Å²) in [4.78, 5) is 28.5. The number of aromatic nitrogens is 1. The van der Waals surface area contributed by atoms with Crippen molar-refractivity contribution in [2.75, 3.05) is 0 Å². The number of hydrogen-bond acceptors (Lipinski definition) is 3. The Morgan fingerprint density at radius 3 is 2.10 bits per heavy atom. The van der Waals surface area contributed by atoms with Crippen molar-refractivity contribution in [2.24, 2.45) is 0 Å². The van der Waals surface area contributed by atoms with E-state index in [4.69, 9.17) is 4.74 Å². The fourth-order valence-corrected chi connectivity index (χ4v) is 3.64. The predicted octanol–water partition coefficient (Wildman–Crippen LogP) is 4.55. The summed E-state index contributed by atoms with van der Waals surface area (Å²) in [5.74, 6) is -0.784. The maximum absolute atomic E-state index is 12.9. The number of aromatic amines is 1. The molecule has 156 valence electrons. The maximum atomic E-state index is 12.9. The SMILES string of the molecule is C[C@H](OC(=O)Cc1c[nH]c2ccccc12)C(=O)NC(c1ccccc1)c1ccccc1. The highest BCUT2D eigenvalue weighted by Crippen LogP contribution is 2.22. The van der Waals surface area contributed by atoms with E-state index in [1.54, 1.807) is 13.1 Å². The van der Waals surface area contributed by atoms with Crippen LogP contribution < -0.4 is 5.32 Å². The average Bonchev–Trinajstić information content (AvgIpc) is 3.21. The fourth-order valence-electron chi connectivity index (χ4n) is 3.64. The Balaban J connectivity index is 1.43. The summed E-state index contributed by atoms with van der Waals surface area (Å²) in [6.45, 7) is 1.59. The predicted molar refractivity (Wildman–Crippen MR) is 120 cm³/mol. The second-order valence-corrected chi connectivity index (χ2v) is 7.43. The molecule has 31 heavy (non-hydrogen) atoms. The lowest BCUT2D eigenvalue weighted by molar-refractivity contribution is -0.154. The van der Waals surface area contributed by atoms with Crippen molar-refractivity contribution in [3.05, 3.63) is 108 Å². The van der Waals surface area contributed by atoms with Crippen LogP contribution in [-0.4, -0.2) is 23.0 Å². The number of hydrogen-bond donors (Lipinski definition) is 2. The van der Waals surface area contributed by atoms with Gasteiger partial charge in [0.1, 0.15) is 0 Å². The number of benzene rings is 3. The van der Waals surface area contributed by atoms with Crippen molar-refractivity contribution in [3.8, 4) is 0 Å². The van der Waals surface area contributed by atoms with Crippen molar-refractivity contribution in [3.63, 3.8) is 0 Å². The van der Waals surface area contributed by atoms with E-state index in [0.717, 1.165) is 27.6 Å². The van der Waals surface area contributed by atoms with Gasteiger partial charge in [0.2, 0.25) is 0 Å². The molecule has 4 rings (SSSR count). The van der Waals surface area contributed by atoms with E-state index in [9.17, 15) is 9.59 Å². The van der Waals surface area contributed by atoms with Gasteiger partial charge in [-0.05, 0) is 29.7 Å². The summed E-state index contributed by atoms with van der Waals surface area (Å²) in [5.41, 5.74) is 3.73. The molecule has 0 aliphatic rings. The normalized spacial score (nSPS) is 11.9. The molecule has 2 N–H and O–H groups in total. The minimum atomic E-state index is -0.910. The van der Waals surface area contributed by atoms with Gasteiger partial charge < -0.3 is 15.0 Å². The zero-order chi connectivity index (χ0) is 21.6. The van der Waals surface area contributed by atoms with Crippen LogP contribution in [-0.2, 0) is 20.7 Å². The molecule has 0 aliphatic carbocycles. The van der Waals surface area contributed by atoms with Crippen LogP contribution in [0.4, 0.5) is 0 Å². The second kappa shape index (κ2) is 9.30. The van der Waals surface area contributed by atoms with Gasteiger partial charge in [-0.2, -0.15) is 0 Å². The topological polar surface area (TPSA) is 71.2 Å². The van der Waals surface area contributed by atoms with Gasteiger partial charge in [-0.3, -0.25) is 9.59 Å². The lowest BCUT2D eigenvalue weighted by atomic mass is 9.98. The van der Waals surface area contributed by atoms with Crippen molar-refractivity contribution in [2.45, 2.75) is 25.5 Å². The average molecular weight is 412 g/mol. The number of nitrogens with one attached hydrogen (secondary N) is 2. The Morgan fingerprint density at radius 2 is 1.45 bits per heavy atom. The molecule has 1 aromatic heterocycles. The summed E-state index contributed by atoms with van der Waals surface area (Å²) in [6.07, 6.45) is 0.993. The van der Waals surface area contributed by atoms with E-state index in [1.165, 1.54) is 0 Å². The lowest BCUT2D eigenvalue weighted by Gasteiger charge is -2.22. The van der Waals surface area contributed by atoms with Crippen LogP contribution >= 0.6 is 0 Å². The summed E-state index contributed by atoms with van der Waals surface area (Å²) < 4.78 is 5.44. The van der Waals surface area contributed by atoms with Crippen molar-refractivity contribution < 1.29 is 14.3 Å². The maximum Gasteiger partial charge on any atom is 0.311 e. The summed E-state index contributed by atoms with van der Waals surface area (Å²) >= 11 is 0. The monoisotopic (exact) mass is 412 g/mol. The second-order valence-electron chi connectivity index (χ2n) is 7.43. The van der Waals surface area contributed by atoms with Crippen molar-refractivity contribution in [1.29, 1.82) is 0 Å². The summed E-state index contributed by atoms with van der Waals surface area (Å²) in [7, 11) is 0. The fraction of sp³-hybridized carbons (Fsp3) is 0.154. The van der Waals surface area contributed by atoms with E-state index in [0.29, 0.717) is 0 Å². The molecular weight excluding hydrogens is 388 g/mol. The highest BCUT2D eigenvalue weighted by atomic mass is 16.5. The molecule has 0 saturated heterocycles. The Hall–Kier alpha value is -3.86. The van der Waals surface area contributed by atoms with Crippen LogP contribution in [0.1, 0.15) is 29.7 Å². The van der Waals surface area contributed by atoms with Gasteiger partial charge in [-0.15, -0.1) is 0 Å². The molecule has 0 bridgehead atoms. The van der Waals surface area contributed by atoms with Gasteiger partial charge >= 0.3 is 5.97 Å². The number of H-pyrrole nitrogens is 1. The van der Waals surface area contributed by atoms with Gasteiger partial charge in [0.05, 0.1) is 12.5 Å². The molecular formula is C26H24N2O3. The molecule has 1 atom stereocenters. The molecule has 0 aliphatic heterocycles. The third kappa shape index (κ3) is 4.83. The number of rotatable bonds is 7. The molecule has 1 amide bonds. The largest absolute Gasteiger partial charge is 0.452 e. The number of carbonyl (C=O) groups excluding carboxylic acids is 2. The summed E-state index contributed by atoms with van der Waals surface area (Å²) in [6, 6.07) is 26.9. The molecule has 1 heterocycles. The zero-order valence-electron chi connectivity index (χ0n) is 17.2. The molecule has 0 fully saturated rings. The smallest absolute Gasteiger partial charge is 0.311 e. The Kier molecular flexibility index (Phi) is 6.13. The number of amides is 1. The van der Waals surface area contributed by atoms with Crippen molar-refractivity contribution >= 4 is 22.8 Å². The van der Waals surface area contributed by atoms with E-state index >= 15 is 0 Å². The Labute approximate surface area is 181 Å². The number of carbonyl (C=O) groups is 2. The van der Waals surface area contributed by atoms with Crippen LogP contribution in [0, 0.1) is 0 Å². The van der Waals surface area contributed by atoms with E-state index in [-0.39, 0.29) is 18.4 Å². The Bertz CT molecular complexity index is 1130. The Morgan fingerprint density at radius 1 is 0.871 bits per heavy atom. The van der Waals surface area contributed by atoms with Gasteiger partial charge in [0, 0.05) is 17.1 Å². The highest BCUT2D eigenvalue weighted by molar-refractivity contribution is 5.89. The quantitative estimate of drug-likeness (QED) is 0.438. The molecule has 0 spiro atoms. The van der Waals surface area contributed by atoms with Gasteiger partial charge in [-0.25, -0.2) is 0 Å². The van der Waals surface area contributed by atoms with Crippen LogP contribution in [0.5, 0.6) is 0 Å². The third-order valence-electron chi connectivity index (χ3n) is 5.24. The molecule has 0 unspecified atom stereocenters. The number of fused-ring (bicyclic) bond motifs is 1. The zero-order valence-corrected chi connectivity index (χ0v) is 17.2. The minimum absolute atomic E-state index is 0.0996. The van der Waals surface area contributed by atoms with E-state index in [1.807, 2.05) is 84.9 Å². The van der Waals surface area contributed by atoms with E-state index < -0.39 is 12.1 Å². The number of ether oxygens (including phenoxy) is 1. The van der Waals surface area contributed by atoms with Gasteiger partial charge in [0.25, 0.3) is 5.91 Å². The van der Waals surface area contributed by atoms with Crippen LogP contribution in [0.25, 0.3) is 10.9 Å². The first-order valence-electron chi connectivity index (χ1n) is 10.3. The molecule has 3 aromatic carbocycles. The minimum Gasteiger partial charge on any atom is -0.452 e. The lowest BCUT2D eigenvalue weighted by Crippen LogP contribution is -2.38. The molecule has 0 radical (unpaired) electrons. The van der Waals surface area contributed by atoms with Crippen LogP contribution in [0.3, 0.4) is 0 Å². The first-order chi connectivity index (χ1) is 15.1. The van der Waals surface area contributed by atoms with Gasteiger partial charge in [0.15, 0.2) is 6.10 Å². The first-order valence-corrected chi connectivity index (χ1v) is 10.3. The molecule has 4 aromatic rings. The van der Waals surface area contributed by atoms with Crippen molar-refractivity contribution in [1.82, 2.24) is 10.3 Å². The summed E-state index contributed by atoms with van der Waals surface area (Å²) in [5, 5.41) is 4.00. The highest BCUT2D eigenvalue weighted by Gasteiger charge is 2.23. The standard InChI is InChI=1S/C26H24N2O3/c1-18(31-24(29)16-21-17-27-23-15-9-8-14-22(21)23)26(30)28-25(19-10-4-2-5-11-19)20-12-6-3-7-13-20/h2-15,17-18,25,27H,16H2,1H3,(H,28,30)/t18-/m0/s1. The van der Waals surface area contributed by atoms with Crippen LogP contribution in [0.2, 0.25) is 0 Å². The van der Waals surface area contributed by atoms with E-state index in [2.05, 4.69) is 10.3 Å². The number of para-hydroxylation sites is 1. The third-order valence-corrected chi connectivity index (χ3v) is 5.24. The molecule has 5 nitrogen and oxygen atoms in total. The first kappa shape index (κ1) is 20.4. The van der Waals surface area contributed by atoms with Gasteiger partial charge in [-0.1, -0.05) is 78.9 Å². The molecule has 0 saturated carbocycles. The molecule has 5 heteroatoms. The van der Waals surface area contributed by atoms with Crippen LogP contribution in [0.15, 0.2) is 91.1 Å².